The third-order valence-corrected chi connectivity index (χ3v) is 1.78. The first-order valence-electron chi connectivity index (χ1n) is 4.26. The van der Waals surface area contributed by atoms with Crippen LogP contribution in [0.5, 0.6) is 0 Å². The molecule has 0 heterocycles. The Morgan fingerprint density at radius 3 is 2.71 bits per heavy atom. The number of carbonyl (C=O) groups excluding carboxylic acids is 1. The maximum atomic E-state index is 10.6. The number of ether oxygens (including phenoxy) is 1. The number of rotatable bonds is 4. The zero-order valence-electron chi connectivity index (χ0n) is 7.65. The number of hydrogen-bond donors (Lipinski definition) is 0. The second-order valence-electron chi connectivity index (χ2n) is 2.63. The van der Waals surface area contributed by atoms with Crippen LogP contribution in [0.2, 0.25) is 0 Å². The van der Waals surface area contributed by atoms with Crippen molar-refractivity contribution in [2.24, 2.45) is 0 Å². The smallest absolute Gasteiger partial charge is 0.321 e. The van der Waals surface area contributed by atoms with E-state index in [9.17, 15) is 4.79 Å². The van der Waals surface area contributed by atoms with Gasteiger partial charge in [0.25, 0.3) is 0 Å². The largest absolute Gasteiger partial charge is 0.461 e. The summed E-state index contributed by atoms with van der Waals surface area (Å²) in [5.74, 6) is -0.497. The molecule has 1 aromatic rings. The molecule has 0 amide bonds. The molecule has 0 unspecified atom stereocenters. The molecule has 0 aliphatic heterocycles. The van der Waals surface area contributed by atoms with Crippen molar-refractivity contribution in [1.82, 2.24) is 0 Å². The highest BCUT2D eigenvalue weighted by atomic mass is 35.5. The molecule has 0 spiro atoms. The van der Waals surface area contributed by atoms with Crippen LogP contribution in [0.3, 0.4) is 0 Å². The third-order valence-electron chi connectivity index (χ3n) is 1.56. The van der Waals surface area contributed by atoms with Gasteiger partial charge in [-0.05, 0) is 11.6 Å². The van der Waals surface area contributed by atoms with Crippen LogP contribution in [0.15, 0.2) is 36.4 Å². The van der Waals surface area contributed by atoms with E-state index in [4.69, 9.17) is 16.3 Å². The molecule has 0 saturated heterocycles. The topological polar surface area (TPSA) is 26.3 Å². The van der Waals surface area contributed by atoms with Crippen molar-refractivity contribution in [3.05, 3.63) is 42.0 Å². The Balaban J connectivity index is 2.31. The first-order chi connectivity index (χ1) is 6.83. The highest BCUT2D eigenvalue weighted by Gasteiger charge is 1.95. The average molecular weight is 211 g/mol. The Morgan fingerprint density at radius 1 is 1.36 bits per heavy atom. The van der Waals surface area contributed by atoms with E-state index in [-0.39, 0.29) is 12.5 Å². The molecule has 0 bridgehead atoms. The Bertz CT molecular complexity index is 306. The van der Waals surface area contributed by atoms with Gasteiger partial charge in [-0.15, -0.1) is 11.6 Å². The van der Waals surface area contributed by atoms with Crippen LogP contribution in [-0.4, -0.2) is 18.5 Å². The fourth-order valence-electron chi connectivity index (χ4n) is 0.928. The SMILES string of the molecule is O=C(CCl)OC/C=C\c1ccccc1. The van der Waals surface area contributed by atoms with Gasteiger partial charge in [-0.2, -0.15) is 0 Å². The van der Waals surface area contributed by atoms with Gasteiger partial charge in [0.15, 0.2) is 0 Å². The maximum absolute atomic E-state index is 10.6. The minimum Gasteiger partial charge on any atom is -0.461 e. The second-order valence-corrected chi connectivity index (χ2v) is 2.90. The molecular weight excluding hydrogens is 200 g/mol. The number of esters is 1. The molecule has 14 heavy (non-hydrogen) atoms. The highest BCUT2D eigenvalue weighted by Crippen LogP contribution is 2.00. The van der Waals surface area contributed by atoms with Gasteiger partial charge in [0, 0.05) is 0 Å². The van der Waals surface area contributed by atoms with Gasteiger partial charge in [-0.25, -0.2) is 0 Å². The van der Waals surface area contributed by atoms with Crippen LogP contribution in [0.4, 0.5) is 0 Å². The fourth-order valence-corrected chi connectivity index (χ4v) is 1.01. The van der Waals surface area contributed by atoms with E-state index in [1.165, 1.54) is 0 Å². The molecule has 0 aliphatic rings. The molecule has 1 aromatic carbocycles. The summed E-state index contributed by atoms with van der Waals surface area (Å²) in [6, 6.07) is 9.79. The van der Waals surface area contributed by atoms with Crippen molar-refractivity contribution in [1.29, 1.82) is 0 Å². The summed E-state index contributed by atoms with van der Waals surface area (Å²) < 4.78 is 4.76. The Labute approximate surface area is 88.1 Å². The van der Waals surface area contributed by atoms with E-state index >= 15 is 0 Å². The van der Waals surface area contributed by atoms with Crippen LogP contribution in [0.1, 0.15) is 5.56 Å². The lowest BCUT2D eigenvalue weighted by atomic mass is 10.2. The molecule has 0 radical (unpaired) electrons. The molecule has 0 fully saturated rings. The molecule has 0 aliphatic carbocycles. The predicted octanol–water partition coefficient (Wildman–Crippen LogP) is 2.48. The van der Waals surface area contributed by atoms with Gasteiger partial charge in [-0.1, -0.05) is 36.4 Å². The summed E-state index contributed by atoms with van der Waals surface area (Å²) >= 11 is 5.25. The summed E-state index contributed by atoms with van der Waals surface area (Å²) in [7, 11) is 0. The van der Waals surface area contributed by atoms with Crippen LogP contribution in [0, 0.1) is 0 Å². The molecule has 74 valence electrons. The van der Waals surface area contributed by atoms with Gasteiger partial charge < -0.3 is 4.74 Å². The van der Waals surface area contributed by atoms with Crippen LogP contribution in [0.25, 0.3) is 6.08 Å². The molecule has 3 heteroatoms. The van der Waals surface area contributed by atoms with Crippen molar-refractivity contribution in [2.45, 2.75) is 0 Å². The van der Waals surface area contributed by atoms with E-state index in [0.717, 1.165) is 5.56 Å². The van der Waals surface area contributed by atoms with Crippen LogP contribution >= 0.6 is 11.6 Å². The molecule has 0 N–H and O–H groups in total. The van der Waals surface area contributed by atoms with Crippen molar-refractivity contribution in [3.63, 3.8) is 0 Å². The van der Waals surface area contributed by atoms with Gasteiger partial charge in [0.1, 0.15) is 12.5 Å². The van der Waals surface area contributed by atoms with E-state index < -0.39 is 5.97 Å². The van der Waals surface area contributed by atoms with Crippen molar-refractivity contribution in [2.75, 3.05) is 12.5 Å². The van der Waals surface area contributed by atoms with E-state index in [1.807, 2.05) is 36.4 Å². The first-order valence-corrected chi connectivity index (χ1v) is 4.79. The maximum Gasteiger partial charge on any atom is 0.321 e. The summed E-state index contributed by atoms with van der Waals surface area (Å²) in [6.07, 6.45) is 3.67. The lowest BCUT2D eigenvalue weighted by molar-refractivity contribution is -0.139. The number of benzene rings is 1. The number of halogens is 1. The van der Waals surface area contributed by atoms with Crippen LogP contribution in [-0.2, 0) is 9.53 Å². The summed E-state index contributed by atoms with van der Waals surface area (Å²) in [6.45, 7) is 0.264. The molecule has 0 saturated carbocycles. The van der Waals surface area contributed by atoms with Gasteiger partial charge in [0.05, 0.1) is 0 Å². The second kappa shape index (κ2) is 6.22. The summed E-state index contributed by atoms with van der Waals surface area (Å²) in [5, 5.41) is 0. The Kier molecular flexibility index (Phi) is 4.79. The normalized spacial score (nSPS) is 10.4. The molecule has 1 rings (SSSR count). The minimum atomic E-state index is -0.399. The summed E-state index contributed by atoms with van der Waals surface area (Å²) in [5.41, 5.74) is 1.08. The lowest BCUT2D eigenvalue weighted by Crippen LogP contribution is -2.04. The monoisotopic (exact) mass is 210 g/mol. The third kappa shape index (κ3) is 4.10. The van der Waals surface area contributed by atoms with Crippen molar-refractivity contribution >= 4 is 23.6 Å². The number of carbonyl (C=O) groups is 1. The van der Waals surface area contributed by atoms with Gasteiger partial charge >= 0.3 is 5.97 Å². The minimum absolute atomic E-state index is 0.0980. The van der Waals surface area contributed by atoms with Crippen molar-refractivity contribution < 1.29 is 9.53 Å². The zero-order chi connectivity index (χ0) is 10.2. The zero-order valence-corrected chi connectivity index (χ0v) is 8.41. The first kappa shape index (κ1) is 10.8. The molecule has 2 nitrogen and oxygen atoms in total. The molecule has 0 atom stereocenters. The fraction of sp³-hybridized carbons (Fsp3) is 0.182. The highest BCUT2D eigenvalue weighted by molar-refractivity contribution is 6.26. The quantitative estimate of drug-likeness (QED) is 0.564. The Hall–Kier alpha value is -1.28. The van der Waals surface area contributed by atoms with Crippen LogP contribution < -0.4 is 0 Å². The van der Waals surface area contributed by atoms with E-state index in [1.54, 1.807) is 6.08 Å². The molecular formula is C11H11ClO2. The van der Waals surface area contributed by atoms with E-state index in [2.05, 4.69) is 0 Å². The lowest BCUT2D eigenvalue weighted by Gasteiger charge is -1.96. The van der Waals surface area contributed by atoms with E-state index in [0.29, 0.717) is 0 Å². The number of hydrogen-bond acceptors (Lipinski definition) is 2. The Morgan fingerprint density at radius 2 is 2.07 bits per heavy atom. The standard InChI is InChI=1S/C11H11ClO2/c12-9-11(13)14-8-4-7-10-5-2-1-3-6-10/h1-7H,8-9H2/b7-4-. The molecule has 0 aromatic heterocycles. The predicted molar refractivity (Wildman–Crippen MR) is 57.2 cm³/mol. The van der Waals surface area contributed by atoms with Gasteiger partial charge in [-0.3, -0.25) is 4.79 Å². The number of alkyl halides is 1. The summed E-state index contributed by atoms with van der Waals surface area (Å²) in [4.78, 5) is 10.6. The van der Waals surface area contributed by atoms with Crippen molar-refractivity contribution in [3.8, 4) is 0 Å². The van der Waals surface area contributed by atoms with Gasteiger partial charge in [0.2, 0.25) is 0 Å². The average Bonchev–Trinajstić information content (AvgIpc) is 2.25.